The molecule has 0 fully saturated rings. The monoisotopic (exact) mass is 388 g/mol. The van der Waals surface area contributed by atoms with Gasteiger partial charge in [-0.15, -0.1) is 0 Å². The topological polar surface area (TPSA) is 93.8 Å². The number of halogens is 2. The first-order valence-corrected chi connectivity index (χ1v) is 8.35. The Balaban J connectivity index is 1.58. The lowest BCUT2D eigenvalue weighted by Gasteiger charge is -2.08. The summed E-state index contributed by atoms with van der Waals surface area (Å²) in [4.78, 5) is 24.2. The molecule has 0 bridgehead atoms. The summed E-state index contributed by atoms with van der Waals surface area (Å²) in [5.74, 6) is -0.751. The quantitative estimate of drug-likeness (QED) is 0.679. The number of nitrogens with one attached hydrogen (secondary N) is 2. The van der Waals surface area contributed by atoms with Crippen molar-refractivity contribution in [2.24, 2.45) is 7.05 Å². The van der Waals surface area contributed by atoms with E-state index >= 15 is 0 Å². The molecule has 0 aliphatic heterocycles. The molecule has 0 aliphatic carbocycles. The molecule has 0 radical (unpaired) electrons. The number of anilines is 2. The maximum Gasteiger partial charge on any atom is 0.282 e. The number of amides is 2. The van der Waals surface area contributed by atoms with Crippen LogP contribution in [-0.2, 0) is 18.4 Å². The van der Waals surface area contributed by atoms with Crippen molar-refractivity contribution >= 4 is 23.2 Å². The van der Waals surface area contributed by atoms with Gasteiger partial charge in [0.2, 0.25) is 5.91 Å². The summed E-state index contributed by atoms with van der Waals surface area (Å²) in [6.45, 7) is 1.42. The minimum absolute atomic E-state index is 0.184. The number of benzene rings is 1. The van der Waals surface area contributed by atoms with E-state index in [9.17, 15) is 18.4 Å². The molecule has 2 aromatic heterocycles. The van der Waals surface area contributed by atoms with Crippen molar-refractivity contribution in [3.63, 3.8) is 0 Å². The molecule has 3 rings (SSSR count). The Kier molecular flexibility index (Phi) is 5.48. The fraction of sp³-hybridized carbons (Fsp3) is 0.222. The summed E-state index contributed by atoms with van der Waals surface area (Å²) in [7, 11) is 1.72. The SMILES string of the molecule is Cc1cc(C(F)F)nn1CC(=O)Nc1ccc(NC(=O)c2ccn(C)n2)cc1. The van der Waals surface area contributed by atoms with E-state index in [1.165, 1.54) is 15.4 Å². The molecular weight excluding hydrogens is 370 g/mol. The summed E-state index contributed by atoms with van der Waals surface area (Å²) in [5, 5.41) is 13.1. The first-order chi connectivity index (χ1) is 13.3. The van der Waals surface area contributed by atoms with Crippen LogP contribution in [0, 0.1) is 6.92 Å². The van der Waals surface area contributed by atoms with Crippen LogP contribution >= 0.6 is 0 Å². The molecule has 0 unspecified atom stereocenters. The maximum absolute atomic E-state index is 12.7. The maximum atomic E-state index is 12.7. The molecule has 3 aromatic rings. The Bertz CT molecular complexity index is 994. The summed E-state index contributed by atoms with van der Waals surface area (Å²) in [6, 6.07) is 9.34. The Morgan fingerprint density at radius 3 is 2.25 bits per heavy atom. The molecule has 2 N–H and O–H groups in total. The number of rotatable bonds is 6. The first-order valence-electron chi connectivity index (χ1n) is 8.35. The molecule has 1 aromatic carbocycles. The molecule has 2 heterocycles. The molecule has 146 valence electrons. The van der Waals surface area contributed by atoms with E-state index in [2.05, 4.69) is 20.8 Å². The molecule has 0 spiro atoms. The lowest BCUT2D eigenvalue weighted by atomic mass is 10.2. The highest BCUT2D eigenvalue weighted by molar-refractivity contribution is 6.03. The van der Waals surface area contributed by atoms with Gasteiger partial charge in [0.1, 0.15) is 12.2 Å². The third-order valence-electron chi connectivity index (χ3n) is 3.89. The molecule has 2 amide bonds. The highest BCUT2D eigenvalue weighted by atomic mass is 19.3. The van der Waals surface area contributed by atoms with Crippen molar-refractivity contribution in [2.75, 3.05) is 10.6 Å². The van der Waals surface area contributed by atoms with Gasteiger partial charge in [0.25, 0.3) is 12.3 Å². The second-order valence-corrected chi connectivity index (χ2v) is 6.12. The second kappa shape index (κ2) is 7.99. The molecule has 0 saturated heterocycles. The standard InChI is InChI=1S/C18H18F2N6O2/c1-11-9-15(17(19)20)24-26(11)10-16(27)21-12-3-5-13(6-4-12)22-18(28)14-7-8-25(2)23-14/h3-9,17H,10H2,1-2H3,(H,21,27)(H,22,28). The number of carbonyl (C=O) groups excluding carboxylic acids is 2. The fourth-order valence-corrected chi connectivity index (χ4v) is 2.51. The van der Waals surface area contributed by atoms with Crippen LogP contribution in [0.25, 0.3) is 0 Å². The predicted molar refractivity (Wildman–Crippen MR) is 98.2 cm³/mol. The van der Waals surface area contributed by atoms with Gasteiger partial charge in [-0.05, 0) is 43.3 Å². The van der Waals surface area contributed by atoms with Crippen LogP contribution in [0.15, 0.2) is 42.6 Å². The average Bonchev–Trinajstić information content (AvgIpc) is 3.23. The minimum Gasteiger partial charge on any atom is -0.324 e. The fourth-order valence-electron chi connectivity index (χ4n) is 2.51. The van der Waals surface area contributed by atoms with E-state index in [4.69, 9.17) is 0 Å². The summed E-state index contributed by atoms with van der Waals surface area (Å²) < 4.78 is 28.1. The number of hydrogen-bond acceptors (Lipinski definition) is 4. The van der Waals surface area contributed by atoms with Crippen LogP contribution < -0.4 is 10.6 Å². The van der Waals surface area contributed by atoms with Crippen LogP contribution in [0.5, 0.6) is 0 Å². The Morgan fingerprint density at radius 2 is 1.71 bits per heavy atom. The molecule has 0 atom stereocenters. The van der Waals surface area contributed by atoms with E-state index in [0.29, 0.717) is 17.1 Å². The van der Waals surface area contributed by atoms with E-state index in [1.54, 1.807) is 50.5 Å². The van der Waals surface area contributed by atoms with Crippen molar-refractivity contribution < 1.29 is 18.4 Å². The third-order valence-corrected chi connectivity index (χ3v) is 3.89. The largest absolute Gasteiger partial charge is 0.324 e. The Labute approximate surface area is 159 Å². The van der Waals surface area contributed by atoms with Gasteiger partial charge in [-0.1, -0.05) is 0 Å². The predicted octanol–water partition coefficient (Wildman–Crippen LogP) is 2.75. The smallest absolute Gasteiger partial charge is 0.282 e. The van der Waals surface area contributed by atoms with Crippen LogP contribution in [0.3, 0.4) is 0 Å². The molecule has 28 heavy (non-hydrogen) atoms. The highest BCUT2D eigenvalue weighted by Gasteiger charge is 2.15. The van der Waals surface area contributed by atoms with E-state index < -0.39 is 12.3 Å². The van der Waals surface area contributed by atoms with Gasteiger partial charge in [0.15, 0.2) is 5.69 Å². The summed E-state index contributed by atoms with van der Waals surface area (Å²) in [6.07, 6.45) is -1.02. The van der Waals surface area contributed by atoms with Crippen LogP contribution in [0.1, 0.15) is 28.3 Å². The molecule has 8 nitrogen and oxygen atoms in total. The second-order valence-electron chi connectivity index (χ2n) is 6.12. The van der Waals surface area contributed by atoms with E-state index in [1.807, 2.05) is 0 Å². The zero-order valence-corrected chi connectivity index (χ0v) is 15.2. The number of carbonyl (C=O) groups is 2. The van der Waals surface area contributed by atoms with Crippen LogP contribution in [-0.4, -0.2) is 31.4 Å². The van der Waals surface area contributed by atoms with Gasteiger partial charge in [-0.2, -0.15) is 10.2 Å². The Morgan fingerprint density at radius 1 is 1.07 bits per heavy atom. The number of aryl methyl sites for hydroxylation is 2. The van der Waals surface area contributed by atoms with Crippen LogP contribution in [0.4, 0.5) is 20.2 Å². The van der Waals surface area contributed by atoms with E-state index in [0.717, 1.165) is 0 Å². The van der Waals surface area contributed by atoms with Crippen LogP contribution in [0.2, 0.25) is 0 Å². The summed E-state index contributed by atoms with van der Waals surface area (Å²) in [5.41, 5.74) is 1.44. The lowest BCUT2D eigenvalue weighted by Crippen LogP contribution is -2.20. The number of alkyl halides is 2. The molecule has 10 heteroatoms. The van der Waals surface area contributed by atoms with E-state index in [-0.39, 0.29) is 23.8 Å². The van der Waals surface area contributed by atoms with Gasteiger partial charge >= 0.3 is 0 Å². The lowest BCUT2D eigenvalue weighted by molar-refractivity contribution is -0.117. The average molecular weight is 388 g/mol. The summed E-state index contributed by atoms with van der Waals surface area (Å²) >= 11 is 0. The van der Waals surface area contributed by atoms with Crippen molar-refractivity contribution in [1.82, 2.24) is 19.6 Å². The van der Waals surface area contributed by atoms with Crippen molar-refractivity contribution in [1.29, 1.82) is 0 Å². The zero-order valence-electron chi connectivity index (χ0n) is 15.2. The Hall–Kier alpha value is -3.56. The zero-order chi connectivity index (χ0) is 20.3. The van der Waals surface area contributed by atoms with Crippen molar-refractivity contribution in [3.05, 3.63) is 59.7 Å². The van der Waals surface area contributed by atoms with Gasteiger partial charge in [-0.25, -0.2) is 8.78 Å². The first kappa shape index (κ1) is 19.2. The van der Waals surface area contributed by atoms with Crippen molar-refractivity contribution in [3.8, 4) is 0 Å². The van der Waals surface area contributed by atoms with Gasteiger partial charge < -0.3 is 10.6 Å². The number of hydrogen-bond donors (Lipinski definition) is 2. The number of nitrogens with zero attached hydrogens (tertiary/aromatic N) is 4. The number of aromatic nitrogens is 4. The normalized spacial score (nSPS) is 10.9. The van der Waals surface area contributed by atoms with Gasteiger partial charge in [0, 0.05) is 30.3 Å². The third kappa shape index (κ3) is 4.58. The molecule has 0 saturated carbocycles. The van der Waals surface area contributed by atoms with Gasteiger partial charge in [0.05, 0.1) is 0 Å². The molecule has 0 aliphatic rings. The minimum atomic E-state index is -2.68. The molecular formula is C18H18F2N6O2. The van der Waals surface area contributed by atoms with Crippen molar-refractivity contribution in [2.45, 2.75) is 19.9 Å². The van der Waals surface area contributed by atoms with Gasteiger partial charge in [-0.3, -0.25) is 19.0 Å². The highest BCUT2D eigenvalue weighted by Crippen LogP contribution is 2.18.